The molecule has 0 fully saturated rings. The molecule has 1 aliphatic rings. The van der Waals surface area contributed by atoms with Crippen LogP contribution in [0.3, 0.4) is 0 Å². The van der Waals surface area contributed by atoms with Crippen molar-refractivity contribution in [1.29, 1.82) is 0 Å². The van der Waals surface area contributed by atoms with Crippen LogP contribution in [0.25, 0.3) is 17.5 Å². The topological polar surface area (TPSA) is 55.5 Å². The number of phenolic OH excluding ortho intramolecular Hbond substituents is 1. The van der Waals surface area contributed by atoms with Gasteiger partial charge in [-0.25, -0.2) is 4.98 Å². The molecule has 1 aromatic carbocycles. The average Bonchev–Trinajstić information content (AvgIpc) is 2.89. The summed E-state index contributed by atoms with van der Waals surface area (Å²) < 4.78 is 11.2. The van der Waals surface area contributed by atoms with E-state index in [0.29, 0.717) is 11.6 Å². The molecule has 1 N–H and O–H groups in total. The number of hydrogen-bond donors (Lipinski definition) is 1. The van der Waals surface area contributed by atoms with E-state index in [1.54, 1.807) is 13.2 Å². The van der Waals surface area contributed by atoms with Crippen LogP contribution in [-0.2, 0) is 6.42 Å². The van der Waals surface area contributed by atoms with E-state index in [0.717, 1.165) is 35.4 Å². The van der Waals surface area contributed by atoms with Crippen molar-refractivity contribution in [2.45, 2.75) is 32.6 Å². The average molecular weight is 285 g/mol. The molecular weight excluding hydrogens is 266 g/mol. The Morgan fingerprint density at radius 1 is 1.33 bits per heavy atom. The van der Waals surface area contributed by atoms with Gasteiger partial charge in [-0.15, -0.1) is 0 Å². The summed E-state index contributed by atoms with van der Waals surface area (Å²) in [5.74, 6) is 2.38. The lowest BCUT2D eigenvalue weighted by molar-refractivity contribution is 0.396. The van der Waals surface area contributed by atoms with Gasteiger partial charge in [0.2, 0.25) is 5.89 Å². The van der Waals surface area contributed by atoms with Gasteiger partial charge in [-0.1, -0.05) is 19.9 Å². The molecule has 4 nitrogen and oxygen atoms in total. The Kier molecular flexibility index (Phi) is 3.45. The number of ether oxygens (including phenoxy) is 1. The SMILES string of the molecule is COc1cc(-c2nc3c(o2)C=CCC3)cc(O)c1C(C)C. The van der Waals surface area contributed by atoms with Crippen LogP contribution in [0.4, 0.5) is 0 Å². The van der Waals surface area contributed by atoms with Gasteiger partial charge in [-0.2, -0.15) is 0 Å². The summed E-state index contributed by atoms with van der Waals surface area (Å²) in [4.78, 5) is 4.53. The Balaban J connectivity index is 2.09. The Hall–Kier alpha value is -2.23. The van der Waals surface area contributed by atoms with Gasteiger partial charge < -0.3 is 14.3 Å². The smallest absolute Gasteiger partial charge is 0.227 e. The van der Waals surface area contributed by atoms with E-state index >= 15 is 0 Å². The molecule has 4 heteroatoms. The second-order valence-corrected chi connectivity index (χ2v) is 5.54. The number of phenols is 1. The van der Waals surface area contributed by atoms with Gasteiger partial charge in [0.15, 0.2) is 5.76 Å². The Morgan fingerprint density at radius 2 is 2.14 bits per heavy atom. The predicted octanol–water partition coefficient (Wildman–Crippen LogP) is 4.14. The van der Waals surface area contributed by atoms with Gasteiger partial charge in [0, 0.05) is 11.1 Å². The van der Waals surface area contributed by atoms with Crippen LogP contribution in [-0.4, -0.2) is 17.2 Å². The first-order valence-corrected chi connectivity index (χ1v) is 7.17. The molecule has 0 unspecified atom stereocenters. The molecule has 0 radical (unpaired) electrons. The van der Waals surface area contributed by atoms with Gasteiger partial charge in [-0.3, -0.25) is 0 Å². The number of aromatic hydroxyl groups is 1. The largest absolute Gasteiger partial charge is 0.507 e. The van der Waals surface area contributed by atoms with E-state index in [2.05, 4.69) is 11.1 Å². The number of aromatic nitrogens is 1. The Labute approximate surface area is 124 Å². The number of methoxy groups -OCH3 is 1. The summed E-state index contributed by atoms with van der Waals surface area (Å²) in [7, 11) is 1.60. The molecule has 0 aliphatic heterocycles. The molecular formula is C17H19NO3. The molecule has 1 aliphatic carbocycles. The molecule has 2 aromatic rings. The van der Waals surface area contributed by atoms with Crippen molar-refractivity contribution in [2.75, 3.05) is 7.11 Å². The van der Waals surface area contributed by atoms with E-state index in [1.165, 1.54) is 0 Å². The first kappa shape index (κ1) is 13.7. The van der Waals surface area contributed by atoms with Crippen molar-refractivity contribution in [3.05, 3.63) is 35.2 Å². The molecule has 0 atom stereocenters. The van der Waals surface area contributed by atoms with Crippen LogP contribution in [0, 0.1) is 0 Å². The Morgan fingerprint density at radius 3 is 2.81 bits per heavy atom. The highest BCUT2D eigenvalue weighted by atomic mass is 16.5. The van der Waals surface area contributed by atoms with Gasteiger partial charge in [-0.05, 0) is 37.0 Å². The second kappa shape index (κ2) is 5.28. The third-order valence-electron chi connectivity index (χ3n) is 3.71. The number of allylic oxidation sites excluding steroid dienone is 1. The van der Waals surface area contributed by atoms with Gasteiger partial charge in [0.25, 0.3) is 0 Å². The summed E-state index contributed by atoms with van der Waals surface area (Å²) in [5, 5.41) is 10.3. The second-order valence-electron chi connectivity index (χ2n) is 5.54. The zero-order chi connectivity index (χ0) is 15.0. The quantitative estimate of drug-likeness (QED) is 0.920. The zero-order valence-electron chi connectivity index (χ0n) is 12.5. The third-order valence-corrected chi connectivity index (χ3v) is 3.71. The number of fused-ring (bicyclic) bond motifs is 1. The Bertz CT molecular complexity index is 698. The van der Waals surface area contributed by atoms with Crippen molar-refractivity contribution in [1.82, 2.24) is 4.98 Å². The fourth-order valence-corrected chi connectivity index (χ4v) is 2.69. The van der Waals surface area contributed by atoms with Gasteiger partial charge >= 0.3 is 0 Å². The monoisotopic (exact) mass is 285 g/mol. The van der Waals surface area contributed by atoms with E-state index < -0.39 is 0 Å². The molecule has 0 saturated heterocycles. The van der Waals surface area contributed by atoms with E-state index in [9.17, 15) is 5.11 Å². The number of oxazole rings is 1. The lowest BCUT2D eigenvalue weighted by Gasteiger charge is -2.14. The molecule has 110 valence electrons. The molecule has 1 heterocycles. The van der Waals surface area contributed by atoms with Crippen LogP contribution in [0.1, 0.15) is 43.2 Å². The predicted molar refractivity (Wildman–Crippen MR) is 81.6 cm³/mol. The fraction of sp³-hybridized carbons (Fsp3) is 0.353. The van der Waals surface area contributed by atoms with Crippen LogP contribution in [0.5, 0.6) is 11.5 Å². The highest BCUT2D eigenvalue weighted by Crippen LogP contribution is 2.39. The maximum absolute atomic E-state index is 10.3. The minimum absolute atomic E-state index is 0.176. The van der Waals surface area contributed by atoms with E-state index in [4.69, 9.17) is 9.15 Å². The lowest BCUT2D eigenvalue weighted by Crippen LogP contribution is -1.96. The number of nitrogens with zero attached hydrogens (tertiary/aromatic N) is 1. The van der Waals surface area contributed by atoms with Crippen molar-refractivity contribution in [3.8, 4) is 23.0 Å². The molecule has 0 amide bonds. The van der Waals surface area contributed by atoms with Gasteiger partial charge in [0.05, 0.1) is 12.8 Å². The lowest BCUT2D eigenvalue weighted by atomic mass is 9.99. The van der Waals surface area contributed by atoms with Crippen molar-refractivity contribution < 1.29 is 14.3 Å². The summed E-state index contributed by atoms with van der Waals surface area (Å²) in [6.07, 6.45) is 5.91. The zero-order valence-corrected chi connectivity index (χ0v) is 12.5. The maximum atomic E-state index is 10.3. The van der Waals surface area contributed by atoms with Crippen LogP contribution in [0.2, 0.25) is 0 Å². The van der Waals surface area contributed by atoms with Crippen LogP contribution >= 0.6 is 0 Å². The first-order chi connectivity index (χ1) is 10.1. The third kappa shape index (κ3) is 2.42. The molecule has 21 heavy (non-hydrogen) atoms. The van der Waals surface area contributed by atoms with Crippen molar-refractivity contribution in [3.63, 3.8) is 0 Å². The van der Waals surface area contributed by atoms with Crippen LogP contribution < -0.4 is 4.74 Å². The van der Waals surface area contributed by atoms with E-state index in [1.807, 2.05) is 26.0 Å². The summed E-state index contributed by atoms with van der Waals surface area (Å²) in [6.45, 7) is 4.04. The van der Waals surface area contributed by atoms with Crippen LogP contribution in [0.15, 0.2) is 22.6 Å². The minimum atomic E-state index is 0.176. The highest BCUT2D eigenvalue weighted by Gasteiger charge is 2.19. The molecule has 3 rings (SSSR count). The highest BCUT2D eigenvalue weighted by molar-refractivity contribution is 5.65. The molecule has 0 bridgehead atoms. The van der Waals surface area contributed by atoms with E-state index in [-0.39, 0.29) is 11.7 Å². The van der Waals surface area contributed by atoms with Gasteiger partial charge in [0.1, 0.15) is 11.5 Å². The van der Waals surface area contributed by atoms with Crippen molar-refractivity contribution in [2.24, 2.45) is 0 Å². The fourth-order valence-electron chi connectivity index (χ4n) is 2.69. The van der Waals surface area contributed by atoms with Crippen molar-refractivity contribution >= 4 is 6.08 Å². The summed E-state index contributed by atoms with van der Waals surface area (Å²) in [6, 6.07) is 3.56. The maximum Gasteiger partial charge on any atom is 0.227 e. The first-order valence-electron chi connectivity index (χ1n) is 7.17. The minimum Gasteiger partial charge on any atom is -0.507 e. The standard InChI is InChI=1S/C17H19NO3/c1-10(2)16-13(19)8-11(9-15(16)20-3)17-18-12-6-4-5-7-14(12)21-17/h5,7-10,19H,4,6H2,1-3H3. The summed E-state index contributed by atoms with van der Waals surface area (Å²) in [5.41, 5.74) is 2.51. The number of rotatable bonds is 3. The molecule has 0 saturated carbocycles. The number of aryl methyl sites for hydroxylation is 1. The molecule has 1 aromatic heterocycles. The number of benzene rings is 1. The normalized spacial score (nSPS) is 13.5. The summed E-state index contributed by atoms with van der Waals surface area (Å²) >= 11 is 0. The number of hydrogen-bond acceptors (Lipinski definition) is 4. The molecule has 0 spiro atoms.